The van der Waals surface area contributed by atoms with E-state index in [1.54, 1.807) is 0 Å². The van der Waals surface area contributed by atoms with Gasteiger partial charge in [-0.2, -0.15) is 0 Å². The third kappa shape index (κ3) is 25.3. The Kier molecular flexibility index (Phi) is 38.7. The maximum Gasteiger partial charge on any atom is 0.303 e. The Bertz CT molecular complexity index is 3620. The summed E-state index contributed by atoms with van der Waals surface area (Å²) in [5, 5.41) is 8.13. The molecule has 1 fully saturated rings. The zero-order chi connectivity index (χ0) is 79.3. The molecule has 39 heteroatoms. The molecule has 0 aliphatic carbocycles. The molecule has 9 amide bonds. The van der Waals surface area contributed by atoms with Crippen LogP contribution >= 0.6 is 203 Å². The molecule has 0 saturated carbocycles. The lowest BCUT2D eigenvalue weighted by atomic mass is 10.0. The molecule has 105 heavy (non-hydrogen) atoms. The highest BCUT2D eigenvalue weighted by Gasteiger charge is 2.39. The summed E-state index contributed by atoms with van der Waals surface area (Å²) < 4.78 is 32.2. The van der Waals surface area contributed by atoms with Crippen molar-refractivity contribution in [1.82, 2.24) is 29.4 Å². The van der Waals surface area contributed by atoms with E-state index in [1.165, 1.54) is 68.8 Å². The van der Waals surface area contributed by atoms with E-state index in [0.29, 0.717) is 0 Å². The lowest BCUT2D eigenvalue weighted by Gasteiger charge is -2.32. The summed E-state index contributed by atoms with van der Waals surface area (Å²) in [4.78, 5) is 216. The second-order valence-corrected chi connectivity index (χ2v) is 32.4. The molecule has 4 rings (SSSR count). The van der Waals surface area contributed by atoms with E-state index in [-0.39, 0.29) is 161 Å². The van der Waals surface area contributed by atoms with Crippen LogP contribution in [0.2, 0.25) is 0 Å². The Morgan fingerprint density at radius 1 is 0.352 bits per heavy atom. The number of likely N-dealkylation sites (N-methyl/N-ethyl adjacent to an activating group) is 3. The molecular weight excluding hydrogens is 2400 g/mol. The zero-order valence-corrected chi connectivity index (χ0v) is 77.3. The van der Waals surface area contributed by atoms with Crippen LogP contribution in [0, 0.1) is 32.1 Å². The molecule has 0 aromatic heterocycles. The third-order valence-electron chi connectivity index (χ3n) is 14.8. The third-order valence-corrected chi connectivity index (χ3v) is 24.5. The number of halogens is 9. The number of ether oxygens (including phenoxy) is 6. The average molecular weight is 2470 g/mol. The maximum absolute atomic E-state index is 16.0. The van der Waals surface area contributed by atoms with E-state index < -0.39 is 127 Å². The first-order chi connectivity index (χ1) is 49.2. The minimum Gasteiger partial charge on any atom is -0.461 e. The van der Waals surface area contributed by atoms with Crippen LogP contribution < -0.4 is 16.0 Å². The maximum atomic E-state index is 16.0. The second kappa shape index (κ2) is 43.8. The van der Waals surface area contributed by atoms with Gasteiger partial charge in [-0.25, -0.2) is 0 Å². The van der Waals surface area contributed by atoms with Crippen molar-refractivity contribution >= 4 is 309 Å². The number of anilines is 3. The van der Waals surface area contributed by atoms with Gasteiger partial charge in [0.1, 0.15) is 19.8 Å². The number of carbonyl (C=O) groups is 15. The van der Waals surface area contributed by atoms with Crippen LogP contribution in [-0.2, 0) is 71.6 Å². The molecule has 0 radical (unpaired) electrons. The number of benzene rings is 3. The number of hydrogen-bond donors (Lipinski definition) is 3. The summed E-state index contributed by atoms with van der Waals surface area (Å²) in [6.07, 6.45) is -0.569. The molecule has 1 aliphatic heterocycles. The number of hydrogen-bond acceptors (Lipinski definition) is 21. The van der Waals surface area contributed by atoms with Crippen molar-refractivity contribution in [3.8, 4) is 0 Å². The molecule has 0 spiro atoms. The van der Waals surface area contributed by atoms with Crippen LogP contribution in [0.4, 0.5) is 17.1 Å². The predicted octanol–water partition coefficient (Wildman–Crippen LogP) is 9.11. The highest BCUT2D eigenvalue weighted by Crippen LogP contribution is 2.41. The van der Waals surface area contributed by atoms with Gasteiger partial charge in [-0.1, -0.05) is 18.2 Å². The normalized spacial score (nSPS) is 13.3. The fraction of sp³-hybridized carbons (Fsp3) is 0.409. The fourth-order valence-electron chi connectivity index (χ4n) is 9.91. The first-order valence-electron chi connectivity index (χ1n) is 31.1. The number of rotatable bonds is 27. The summed E-state index contributed by atoms with van der Waals surface area (Å²) in [6.45, 7) is 14.8. The van der Waals surface area contributed by atoms with Crippen molar-refractivity contribution in [3.63, 3.8) is 0 Å². The predicted molar refractivity (Wildman–Crippen MR) is 459 cm³/mol. The van der Waals surface area contributed by atoms with Crippen molar-refractivity contribution in [2.24, 2.45) is 0 Å². The number of esters is 6. The summed E-state index contributed by atoms with van der Waals surface area (Å²) in [5.74, 6) is -12.0. The van der Waals surface area contributed by atoms with E-state index in [4.69, 9.17) is 28.4 Å². The van der Waals surface area contributed by atoms with Gasteiger partial charge in [-0.3, -0.25) is 71.9 Å². The molecule has 3 atom stereocenters. The first-order valence-corrected chi connectivity index (χ1v) is 40.8. The van der Waals surface area contributed by atoms with Gasteiger partial charge in [-0.15, -0.1) is 19.7 Å². The van der Waals surface area contributed by atoms with E-state index in [1.807, 2.05) is 203 Å². The number of amides is 9. The lowest BCUT2D eigenvalue weighted by molar-refractivity contribution is -0.160. The second-order valence-electron chi connectivity index (χ2n) is 22.7. The van der Waals surface area contributed by atoms with Crippen LogP contribution in [0.3, 0.4) is 0 Å². The molecule has 1 heterocycles. The Balaban J connectivity index is 2.14. The molecule has 3 unspecified atom stereocenters. The van der Waals surface area contributed by atoms with Gasteiger partial charge in [0.15, 0.2) is 0 Å². The molecule has 3 N–H and O–H groups in total. The van der Waals surface area contributed by atoms with Gasteiger partial charge in [0.2, 0.25) is 18.3 Å². The Morgan fingerprint density at radius 3 is 0.733 bits per heavy atom. The van der Waals surface area contributed by atoms with E-state index >= 15 is 14.4 Å². The van der Waals surface area contributed by atoms with Gasteiger partial charge >= 0.3 is 35.8 Å². The highest BCUT2D eigenvalue weighted by atomic mass is 127. The largest absolute Gasteiger partial charge is 0.461 e. The standard InChI is InChI=1S/C66H72I9N9O21/c1-13-19-79(10)61(94)40-46(67)43(52(73)55(49(40)70)76-58(91)37(103-34(7)88)28-100-31(4)85)64(97)82-22-16-24-83(65(98)44-47(68)41(62(95)80(11)20-14-2)50(71)56(53(44)74)77-59(92)38(104-35(8)89)29-101-32(5)86)26-18-27-84(25-17-23-82)66(99)45-48(69)42(63(96)81(12)21-15-3)51(72)57(54(45)75)78-60(93)39(105-36(9)90)30-102-33(6)87/h13-15,37-39H,1-3,16-30H2,4-12H3,(H,76,91)(H,77,92)(H,78,93). The quantitative estimate of drug-likeness (QED) is 0.0277. The average Bonchev–Trinajstić information content (AvgIpc) is 0.774. The summed E-state index contributed by atoms with van der Waals surface area (Å²) in [7, 11) is 4.48. The molecular formula is C66H72I9N9O21. The van der Waals surface area contributed by atoms with Crippen LogP contribution in [0.15, 0.2) is 38.0 Å². The molecule has 3 aromatic carbocycles. The van der Waals surface area contributed by atoms with E-state index in [9.17, 15) is 57.5 Å². The minimum absolute atomic E-state index is 0.0271. The van der Waals surface area contributed by atoms with Crippen LogP contribution in [0.1, 0.15) is 123 Å². The molecule has 0 bridgehead atoms. The lowest BCUT2D eigenvalue weighted by Crippen LogP contribution is -2.43. The molecule has 570 valence electrons. The van der Waals surface area contributed by atoms with Gasteiger partial charge in [0.25, 0.3) is 53.2 Å². The van der Waals surface area contributed by atoms with Crippen LogP contribution in [0.5, 0.6) is 0 Å². The summed E-state index contributed by atoms with van der Waals surface area (Å²) in [6, 6.07) is 0. The van der Waals surface area contributed by atoms with Crippen molar-refractivity contribution < 1.29 is 100 Å². The van der Waals surface area contributed by atoms with Gasteiger partial charge in [0.05, 0.1) is 71.9 Å². The van der Waals surface area contributed by atoms with E-state index in [0.717, 1.165) is 41.5 Å². The first kappa shape index (κ1) is 92.9. The Morgan fingerprint density at radius 2 is 0.552 bits per heavy atom. The van der Waals surface area contributed by atoms with Crippen molar-refractivity contribution in [2.75, 3.05) is 116 Å². The molecule has 1 saturated heterocycles. The van der Waals surface area contributed by atoms with Crippen LogP contribution in [0.25, 0.3) is 0 Å². The smallest absolute Gasteiger partial charge is 0.303 e. The number of nitrogens with one attached hydrogen (secondary N) is 3. The van der Waals surface area contributed by atoms with Crippen LogP contribution in [-0.4, -0.2) is 237 Å². The highest BCUT2D eigenvalue weighted by molar-refractivity contribution is 14.1. The fourth-order valence-corrected chi connectivity index (χ4v) is 23.0. The van der Waals surface area contributed by atoms with Gasteiger partial charge < -0.3 is 73.8 Å². The summed E-state index contributed by atoms with van der Waals surface area (Å²) >= 11 is 16.8. The molecule has 3 aromatic rings. The monoisotopic (exact) mass is 2470 g/mol. The number of carbonyl (C=O) groups excluding carboxylic acids is 15. The van der Waals surface area contributed by atoms with Crippen molar-refractivity contribution in [2.45, 2.75) is 79.1 Å². The Hall–Kier alpha value is -4.50. The SMILES string of the molecule is C=CCN(C)C(=O)c1c(I)c(NC(=O)C(COC(C)=O)OC(C)=O)c(I)c(C(=O)N2CCCN(C(=O)c3c(I)c(NC(=O)C(COC(C)=O)OC(C)=O)c(I)c(C(=O)N(C)CC=C)c3I)CCCN(C(=O)c3c(I)c(NC(=O)C(COC(C)=O)OC(C)=O)c(I)c(C(=O)N(C)CC=C)c3I)CCC2)c1I. The molecule has 1 aliphatic rings. The van der Waals surface area contributed by atoms with Gasteiger partial charge in [-0.05, 0) is 223 Å². The molecule has 30 nitrogen and oxygen atoms in total. The zero-order valence-electron chi connectivity index (χ0n) is 57.9. The number of nitrogens with zero attached hydrogens (tertiary/aromatic N) is 6. The Labute approximate surface area is 728 Å². The summed E-state index contributed by atoms with van der Waals surface area (Å²) in [5.41, 5.74) is -0.507. The van der Waals surface area contributed by atoms with E-state index in [2.05, 4.69) is 35.7 Å². The van der Waals surface area contributed by atoms with Gasteiger partial charge in [0, 0.05) is 132 Å². The minimum atomic E-state index is -1.70. The van der Waals surface area contributed by atoms with Crippen molar-refractivity contribution in [3.05, 3.63) is 103 Å². The topological polar surface area (TPSA) is 367 Å². The van der Waals surface area contributed by atoms with Crippen molar-refractivity contribution in [1.29, 1.82) is 0 Å².